The van der Waals surface area contributed by atoms with Crippen LogP contribution in [0.4, 0.5) is 0 Å². The summed E-state index contributed by atoms with van der Waals surface area (Å²) >= 11 is 0. The van der Waals surface area contributed by atoms with Crippen LogP contribution in [0.3, 0.4) is 0 Å². The van der Waals surface area contributed by atoms with Crippen molar-refractivity contribution in [1.82, 2.24) is 9.97 Å². The minimum atomic E-state index is 0.622. The molecule has 3 aromatic heterocycles. The molecular weight excluding hydrogens is 709 g/mol. The highest BCUT2D eigenvalue weighted by Crippen LogP contribution is 2.45. The third-order valence-corrected chi connectivity index (χ3v) is 11.5. The molecule has 0 radical (unpaired) electrons. The van der Waals surface area contributed by atoms with Crippen molar-refractivity contribution in [1.29, 1.82) is 0 Å². The number of aromatic nitrogens is 2. The molecule has 3 heterocycles. The zero-order valence-corrected chi connectivity index (χ0v) is 31.2. The molecule has 4 heteroatoms. The molecular formula is C54H32N2O2. The van der Waals surface area contributed by atoms with Crippen molar-refractivity contribution in [3.63, 3.8) is 0 Å². The van der Waals surface area contributed by atoms with E-state index in [1.807, 2.05) is 24.3 Å². The number of nitrogens with zero attached hydrogens (tertiary/aromatic N) is 2. The summed E-state index contributed by atoms with van der Waals surface area (Å²) in [5, 5.41) is 8.77. The smallest absolute Gasteiger partial charge is 0.161 e. The Kier molecular flexibility index (Phi) is 7.20. The van der Waals surface area contributed by atoms with Crippen molar-refractivity contribution in [2.45, 2.75) is 0 Å². The molecule has 0 aliphatic rings. The van der Waals surface area contributed by atoms with Crippen LogP contribution in [0.25, 0.3) is 122 Å². The standard InChI is InChI=1S/C54H32N2O2/c1-2-14-33(15-3-1)35-30-31-39(38-19-7-6-18-37(35)38)42-29-28-34-16-4-5-17-36(34)51(42)54-55-47(45-24-12-22-43-40-20-8-10-26-49(40)57-52(43)45)32-48(56-54)46-25-13-23-44-41-21-9-11-27-50(41)58-53(44)46/h1-32H. The van der Waals surface area contributed by atoms with Gasteiger partial charge in [0.05, 0.1) is 11.4 Å². The van der Waals surface area contributed by atoms with Crippen LogP contribution in [0, 0.1) is 0 Å². The topological polar surface area (TPSA) is 52.1 Å². The number of para-hydroxylation sites is 4. The Morgan fingerprint density at radius 3 is 1.43 bits per heavy atom. The number of hydrogen-bond acceptors (Lipinski definition) is 4. The normalized spacial score (nSPS) is 11.8. The van der Waals surface area contributed by atoms with Gasteiger partial charge in [-0.05, 0) is 74.1 Å². The first-order valence-electron chi connectivity index (χ1n) is 19.6. The summed E-state index contributed by atoms with van der Waals surface area (Å²) in [5.41, 5.74) is 12.1. The predicted octanol–water partition coefficient (Wildman–Crippen LogP) is 14.9. The zero-order chi connectivity index (χ0) is 38.2. The highest BCUT2D eigenvalue weighted by molar-refractivity contribution is 6.13. The number of fused-ring (bicyclic) bond motifs is 8. The van der Waals surface area contributed by atoms with Crippen molar-refractivity contribution < 1.29 is 8.83 Å². The van der Waals surface area contributed by atoms with Crippen LogP contribution < -0.4 is 0 Å². The maximum absolute atomic E-state index is 6.62. The van der Waals surface area contributed by atoms with E-state index in [-0.39, 0.29) is 0 Å². The lowest BCUT2D eigenvalue weighted by molar-refractivity contribution is 0.669. The lowest BCUT2D eigenvalue weighted by atomic mass is 9.88. The molecule has 4 nitrogen and oxygen atoms in total. The largest absolute Gasteiger partial charge is 0.455 e. The fourth-order valence-corrected chi connectivity index (χ4v) is 8.87. The van der Waals surface area contributed by atoms with Gasteiger partial charge < -0.3 is 8.83 Å². The first-order chi connectivity index (χ1) is 28.8. The van der Waals surface area contributed by atoms with Gasteiger partial charge in [0, 0.05) is 38.2 Å². The zero-order valence-electron chi connectivity index (χ0n) is 31.2. The van der Waals surface area contributed by atoms with Crippen LogP contribution in [0.2, 0.25) is 0 Å². The monoisotopic (exact) mass is 740 g/mol. The Hall–Kier alpha value is -7.82. The van der Waals surface area contributed by atoms with Gasteiger partial charge in [-0.15, -0.1) is 0 Å². The second-order valence-electron chi connectivity index (χ2n) is 14.8. The molecule has 270 valence electrons. The van der Waals surface area contributed by atoms with E-state index in [4.69, 9.17) is 18.8 Å². The molecule has 58 heavy (non-hydrogen) atoms. The predicted molar refractivity (Wildman–Crippen MR) is 239 cm³/mol. The number of hydrogen-bond donors (Lipinski definition) is 0. The van der Waals surface area contributed by atoms with Gasteiger partial charge in [-0.1, -0.05) is 164 Å². The summed E-state index contributed by atoms with van der Waals surface area (Å²) in [6, 6.07) is 67.9. The second-order valence-corrected chi connectivity index (χ2v) is 14.8. The van der Waals surface area contributed by atoms with Crippen molar-refractivity contribution in [3.05, 3.63) is 194 Å². The van der Waals surface area contributed by atoms with Crippen molar-refractivity contribution in [3.8, 4) is 56.2 Å². The summed E-state index contributed by atoms with van der Waals surface area (Å²) in [6.07, 6.45) is 0. The molecule has 9 aromatic carbocycles. The van der Waals surface area contributed by atoms with Gasteiger partial charge in [-0.2, -0.15) is 0 Å². The SMILES string of the molecule is c1ccc(-c2ccc(-c3ccc4ccccc4c3-c3nc(-c4cccc5c4oc4ccccc45)cc(-c4cccc5c4oc4ccccc45)n3)c3ccccc23)cc1. The molecule has 12 rings (SSSR count). The number of rotatable bonds is 5. The van der Waals surface area contributed by atoms with Crippen LogP contribution in [0.1, 0.15) is 0 Å². The minimum absolute atomic E-state index is 0.622. The molecule has 0 amide bonds. The van der Waals surface area contributed by atoms with Crippen LogP contribution in [-0.4, -0.2) is 9.97 Å². The lowest BCUT2D eigenvalue weighted by Gasteiger charge is -2.18. The molecule has 0 saturated carbocycles. The Morgan fingerprint density at radius 2 is 0.793 bits per heavy atom. The Morgan fingerprint density at radius 1 is 0.310 bits per heavy atom. The lowest BCUT2D eigenvalue weighted by Crippen LogP contribution is -1.99. The second kappa shape index (κ2) is 12.9. The van der Waals surface area contributed by atoms with Gasteiger partial charge >= 0.3 is 0 Å². The average Bonchev–Trinajstić information content (AvgIpc) is 3.87. The van der Waals surface area contributed by atoms with E-state index in [1.54, 1.807) is 0 Å². The van der Waals surface area contributed by atoms with E-state index in [1.165, 1.54) is 16.5 Å². The summed E-state index contributed by atoms with van der Waals surface area (Å²) < 4.78 is 13.2. The third-order valence-electron chi connectivity index (χ3n) is 11.5. The molecule has 0 saturated heterocycles. The van der Waals surface area contributed by atoms with Gasteiger partial charge in [-0.3, -0.25) is 0 Å². The van der Waals surface area contributed by atoms with Crippen molar-refractivity contribution >= 4 is 65.4 Å². The Labute approximate surface area is 333 Å². The Balaban J connectivity index is 1.18. The van der Waals surface area contributed by atoms with Gasteiger partial charge in [0.15, 0.2) is 5.82 Å². The third kappa shape index (κ3) is 5.02. The van der Waals surface area contributed by atoms with Gasteiger partial charge in [0.1, 0.15) is 22.3 Å². The number of furan rings is 2. The van der Waals surface area contributed by atoms with E-state index >= 15 is 0 Å². The van der Waals surface area contributed by atoms with E-state index in [0.29, 0.717) is 5.82 Å². The minimum Gasteiger partial charge on any atom is -0.455 e. The first kappa shape index (κ1) is 32.4. The van der Waals surface area contributed by atoms with Crippen LogP contribution in [-0.2, 0) is 0 Å². The summed E-state index contributed by atoms with van der Waals surface area (Å²) in [7, 11) is 0. The first-order valence-corrected chi connectivity index (χ1v) is 19.6. The van der Waals surface area contributed by atoms with E-state index in [0.717, 1.165) is 99.2 Å². The molecule has 0 spiro atoms. The molecule has 0 atom stereocenters. The fourth-order valence-electron chi connectivity index (χ4n) is 8.87. The summed E-state index contributed by atoms with van der Waals surface area (Å²) in [4.78, 5) is 11.0. The Bertz CT molecular complexity index is 3450. The molecule has 12 aromatic rings. The average molecular weight is 741 g/mol. The quantitative estimate of drug-likeness (QED) is 0.176. The van der Waals surface area contributed by atoms with Gasteiger partial charge in [0.25, 0.3) is 0 Å². The molecule has 0 unspecified atom stereocenters. The summed E-state index contributed by atoms with van der Waals surface area (Å²) in [5.74, 6) is 0.622. The molecule has 0 bridgehead atoms. The van der Waals surface area contributed by atoms with Crippen LogP contribution in [0.15, 0.2) is 203 Å². The van der Waals surface area contributed by atoms with Crippen molar-refractivity contribution in [2.75, 3.05) is 0 Å². The highest BCUT2D eigenvalue weighted by Gasteiger charge is 2.23. The molecule has 0 N–H and O–H groups in total. The molecule has 0 aliphatic carbocycles. The van der Waals surface area contributed by atoms with E-state index in [9.17, 15) is 0 Å². The fraction of sp³-hybridized carbons (Fsp3) is 0. The summed E-state index contributed by atoms with van der Waals surface area (Å²) in [6.45, 7) is 0. The van der Waals surface area contributed by atoms with Gasteiger partial charge in [-0.25, -0.2) is 9.97 Å². The molecule has 0 aliphatic heterocycles. The molecule has 0 fully saturated rings. The van der Waals surface area contributed by atoms with E-state index in [2.05, 4.69) is 170 Å². The maximum Gasteiger partial charge on any atom is 0.161 e. The van der Waals surface area contributed by atoms with E-state index < -0.39 is 0 Å². The maximum atomic E-state index is 6.62. The highest BCUT2D eigenvalue weighted by atomic mass is 16.3. The van der Waals surface area contributed by atoms with Gasteiger partial charge in [0.2, 0.25) is 0 Å². The van der Waals surface area contributed by atoms with Crippen molar-refractivity contribution in [2.24, 2.45) is 0 Å². The van der Waals surface area contributed by atoms with Crippen LogP contribution in [0.5, 0.6) is 0 Å². The van der Waals surface area contributed by atoms with Crippen LogP contribution >= 0.6 is 0 Å². The number of benzene rings is 9.